The number of nitrogens with zero attached hydrogens (tertiary/aromatic N) is 3. The van der Waals surface area contributed by atoms with Crippen LogP contribution in [0.25, 0.3) is 0 Å². The van der Waals surface area contributed by atoms with E-state index in [1.165, 1.54) is 6.07 Å². The molecule has 0 radical (unpaired) electrons. The van der Waals surface area contributed by atoms with Gasteiger partial charge < -0.3 is 24.2 Å². The zero-order valence-corrected chi connectivity index (χ0v) is 14.0. The Kier molecular flexibility index (Phi) is 3.90. The van der Waals surface area contributed by atoms with Crippen molar-refractivity contribution in [1.82, 2.24) is 14.7 Å². The molecule has 0 bridgehead atoms. The summed E-state index contributed by atoms with van der Waals surface area (Å²) in [7, 11) is 0. The maximum absolute atomic E-state index is 12.7. The van der Waals surface area contributed by atoms with E-state index in [9.17, 15) is 9.59 Å². The fraction of sp³-hybridized carbons (Fsp3) is 0.353. The summed E-state index contributed by atoms with van der Waals surface area (Å²) >= 11 is 0. The minimum Gasteiger partial charge on any atom is -0.481 e. The predicted molar refractivity (Wildman–Crippen MR) is 87.3 cm³/mol. The van der Waals surface area contributed by atoms with Crippen LogP contribution >= 0.6 is 0 Å². The molecular formula is C17H17N3O6. The van der Waals surface area contributed by atoms with Crippen molar-refractivity contribution < 1.29 is 28.9 Å². The Morgan fingerprint density at radius 1 is 1.23 bits per heavy atom. The molecule has 1 atom stereocenters. The maximum Gasteiger partial charge on any atom is 0.356 e. The molecule has 0 saturated carbocycles. The highest BCUT2D eigenvalue weighted by atomic mass is 16.7. The van der Waals surface area contributed by atoms with Crippen molar-refractivity contribution in [2.75, 3.05) is 13.3 Å². The molecule has 1 unspecified atom stereocenters. The second-order valence-electron chi connectivity index (χ2n) is 6.08. The molecule has 136 valence electrons. The standard InChI is InChI=1S/C17H17N3O6/c1-10(26-12-2-3-14-15(7-12)25-9-24-14)16(21)19-4-5-20-11(8-19)6-13(18-20)17(22)23/h2-3,6-7,10H,4-5,8-9H2,1H3,(H,22,23). The van der Waals surface area contributed by atoms with E-state index in [-0.39, 0.29) is 18.4 Å². The average molecular weight is 359 g/mol. The van der Waals surface area contributed by atoms with E-state index in [0.717, 1.165) is 0 Å². The lowest BCUT2D eigenvalue weighted by Crippen LogP contribution is -2.44. The van der Waals surface area contributed by atoms with Gasteiger partial charge in [0.2, 0.25) is 6.79 Å². The third-order valence-electron chi connectivity index (χ3n) is 4.33. The third kappa shape index (κ3) is 2.92. The summed E-state index contributed by atoms with van der Waals surface area (Å²) in [5, 5.41) is 13.0. The number of rotatable bonds is 4. The van der Waals surface area contributed by atoms with E-state index < -0.39 is 12.1 Å². The lowest BCUT2D eigenvalue weighted by atomic mass is 10.2. The summed E-state index contributed by atoms with van der Waals surface area (Å²) in [6, 6.07) is 6.64. The molecule has 9 nitrogen and oxygen atoms in total. The number of ether oxygens (including phenoxy) is 3. The summed E-state index contributed by atoms with van der Waals surface area (Å²) in [5.41, 5.74) is 0.677. The zero-order valence-electron chi connectivity index (χ0n) is 14.0. The zero-order chi connectivity index (χ0) is 18.3. The van der Waals surface area contributed by atoms with Crippen molar-refractivity contribution in [3.63, 3.8) is 0 Å². The highest BCUT2D eigenvalue weighted by Gasteiger charge is 2.28. The highest BCUT2D eigenvalue weighted by Crippen LogP contribution is 2.35. The third-order valence-corrected chi connectivity index (χ3v) is 4.33. The molecule has 0 saturated heterocycles. The normalized spacial score (nSPS) is 16.1. The molecule has 0 spiro atoms. The molecular weight excluding hydrogens is 342 g/mol. The maximum atomic E-state index is 12.7. The van der Waals surface area contributed by atoms with Crippen LogP contribution in [0.4, 0.5) is 0 Å². The van der Waals surface area contributed by atoms with Crippen LogP contribution in [0.1, 0.15) is 23.1 Å². The molecule has 4 rings (SSSR count). The first-order valence-electron chi connectivity index (χ1n) is 8.16. The molecule has 0 fully saturated rings. The van der Waals surface area contributed by atoms with Gasteiger partial charge in [-0.05, 0) is 25.1 Å². The Morgan fingerprint density at radius 3 is 2.85 bits per heavy atom. The van der Waals surface area contributed by atoms with Crippen LogP contribution < -0.4 is 14.2 Å². The Morgan fingerprint density at radius 2 is 2.04 bits per heavy atom. The van der Waals surface area contributed by atoms with E-state index in [2.05, 4.69) is 5.10 Å². The predicted octanol–water partition coefficient (Wildman–Crippen LogP) is 1.12. The molecule has 3 heterocycles. The van der Waals surface area contributed by atoms with Crippen LogP contribution in [0.15, 0.2) is 24.3 Å². The first-order chi connectivity index (χ1) is 12.5. The van der Waals surface area contributed by atoms with Gasteiger partial charge in [-0.15, -0.1) is 0 Å². The number of hydrogen-bond donors (Lipinski definition) is 1. The van der Waals surface area contributed by atoms with Gasteiger partial charge in [0.25, 0.3) is 5.91 Å². The number of amides is 1. The van der Waals surface area contributed by atoms with E-state index in [4.69, 9.17) is 19.3 Å². The first kappa shape index (κ1) is 16.2. The van der Waals surface area contributed by atoms with Gasteiger partial charge in [0.05, 0.1) is 18.8 Å². The van der Waals surface area contributed by atoms with E-state index in [1.54, 1.807) is 34.7 Å². The first-order valence-corrected chi connectivity index (χ1v) is 8.16. The summed E-state index contributed by atoms with van der Waals surface area (Å²) < 4.78 is 17.9. The quantitative estimate of drug-likeness (QED) is 0.872. The van der Waals surface area contributed by atoms with Gasteiger partial charge in [-0.1, -0.05) is 0 Å². The molecule has 9 heteroatoms. The second-order valence-corrected chi connectivity index (χ2v) is 6.08. The fourth-order valence-electron chi connectivity index (χ4n) is 3.02. The Hall–Kier alpha value is -3.23. The Balaban J connectivity index is 1.43. The molecule has 2 aliphatic rings. The number of carboxylic acid groups (broad SMARTS) is 1. The van der Waals surface area contributed by atoms with E-state index in [1.807, 2.05) is 0 Å². The van der Waals surface area contributed by atoms with Crippen molar-refractivity contribution in [2.45, 2.75) is 26.1 Å². The molecule has 1 aromatic heterocycles. The topological polar surface area (TPSA) is 103 Å². The van der Waals surface area contributed by atoms with E-state index >= 15 is 0 Å². The van der Waals surface area contributed by atoms with Crippen LogP contribution in [-0.4, -0.2) is 51.1 Å². The van der Waals surface area contributed by atoms with Crippen LogP contribution in [0, 0.1) is 0 Å². The molecule has 26 heavy (non-hydrogen) atoms. The minimum atomic E-state index is -1.08. The molecule has 1 N–H and O–H groups in total. The number of fused-ring (bicyclic) bond motifs is 2. The van der Waals surface area contributed by atoms with Crippen LogP contribution in [0.2, 0.25) is 0 Å². The van der Waals surface area contributed by atoms with Crippen LogP contribution in [-0.2, 0) is 17.9 Å². The number of carbonyl (C=O) groups is 2. The van der Waals surface area contributed by atoms with Gasteiger partial charge in [-0.25, -0.2) is 4.79 Å². The van der Waals surface area contributed by atoms with Crippen LogP contribution in [0.3, 0.4) is 0 Å². The minimum absolute atomic E-state index is 0.0149. The van der Waals surface area contributed by atoms with Crippen LogP contribution in [0.5, 0.6) is 17.2 Å². The van der Waals surface area contributed by atoms with Gasteiger partial charge in [0.15, 0.2) is 23.3 Å². The smallest absolute Gasteiger partial charge is 0.356 e. The Labute approximate surface area is 148 Å². The molecule has 2 aliphatic heterocycles. The number of aromatic nitrogens is 2. The summed E-state index contributed by atoms with van der Waals surface area (Å²) in [6.45, 7) is 3.05. The number of hydrogen-bond acceptors (Lipinski definition) is 6. The van der Waals surface area contributed by atoms with Crippen molar-refractivity contribution in [3.05, 3.63) is 35.7 Å². The summed E-state index contributed by atoms with van der Waals surface area (Å²) in [4.78, 5) is 25.4. The van der Waals surface area contributed by atoms with Gasteiger partial charge in [0.1, 0.15) is 5.75 Å². The van der Waals surface area contributed by atoms with Crippen molar-refractivity contribution in [3.8, 4) is 17.2 Å². The van der Waals surface area contributed by atoms with Gasteiger partial charge in [-0.3, -0.25) is 9.48 Å². The van der Waals surface area contributed by atoms with Crippen molar-refractivity contribution in [2.24, 2.45) is 0 Å². The Bertz CT molecular complexity index is 877. The lowest BCUT2D eigenvalue weighted by Gasteiger charge is -2.29. The fourth-order valence-corrected chi connectivity index (χ4v) is 3.02. The monoisotopic (exact) mass is 359 g/mol. The average Bonchev–Trinajstić information content (AvgIpc) is 3.26. The molecule has 0 aliphatic carbocycles. The highest BCUT2D eigenvalue weighted by molar-refractivity contribution is 5.85. The summed E-state index contributed by atoms with van der Waals surface area (Å²) in [5.74, 6) is 0.502. The summed E-state index contributed by atoms with van der Waals surface area (Å²) in [6.07, 6.45) is -0.691. The second kappa shape index (κ2) is 6.25. The van der Waals surface area contributed by atoms with Crippen molar-refractivity contribution >= 4 is 11.9 Å². The van der Waals surface area contributed by atoms with Gasteiger partial charge >= 0.3 is 5.97 Å². The number of benzene rings is 1. The lowest BCUT2D eigenvalue weighted by molar-refractivity contribution is -0.139. The van der Waals surface area contributed by atoms with E-state index in [0.29, 0.717) is 42.6 Å². The molecule has 2 aromatic rings. The molecule has 1 aromatic carbocycles. The number of carboxylic acids is 1. The largest absolute Gasteiger partial charge is 0.481 e. The molecule has 1 amide bonds. The number of carbonyl (C=O) groups excluding carboxylic acids is 1. The van der Waals surface area contributed by atoms with Crippen molar-refractivity contribution in [1.29, 1.82) is 0 Å². The number of aromatic carboxylic acids is 1. The van der Waals surface area contributed by atoms with Gasteiger partial charge in [-0.2, -0.15) is 5.10 Å². The SMILES string of the molecule is CC(Oc1ccc2c(c1)OCO2)C(=O)N1CCn2nc(C(=O)O)cc2C1. The van der Waals surface area contributed by atoms with Gasteiger partial charge in [0, 0.05) is 12.6 Å².